The van der Waals surface area contributed by atoms with Gasteiger partial charge in [-0.3, -0.25) is 0 Å². The summed E-state index contributed by atoms with van der Waals surface area (Å²) in [5, 5.41) is 9.13. The van der Waals surface area contributed by atoms with Gasteiger partial charge in [-0.05, 0) is 24.3 Å². The molecule has 2 aromatic heterocycles. The van der Waals surface area contributed by atoms with Crippen LogP contribution < -0.4 is 4.90 Å². The third-order valence-corrected chi connectivity index (χ3v) is 1.95. The average Bonchev–Trinajstić information content (AvgIpc) is 2.31. The fourth-order valence-electron chi connectivity index (χ4n) is 1.29. The molecule has 2 rings (SSSR count). The highest BCUT2D eigenvalue weighted by Crippen LogP contribution is 2.20. The lowest BCUT2D eigenvalue weighted by Gasteiger charge is -2.16. The second-order valence-corrected chi connectivity index (χ2v) is 2.99. The Morgan fingerprint density at radius 2 is 1.50 bits per heavy atom. The van der Waals surface area contributed by atoms with E-state index >= 15 is 0 Å². The minimum absolute atomic E-state index is 0.328. The molecule has 0 aliphatic heterocycles. The maximum Gasteiger partial charge on any atom is 0.418 e. The van der Waals surface area contributed by atoms with Crippen LogP contribution in [0.1, 0.15) is 0 Å². The molecular weight excluding hydrogens is 206 g/mol. The van der Waals surface area contributed by atoms with Gasteiger partial charge in [0, 0.05) is 12.4 Å². The molecule has 5 nitrogen and oxygen atoms in total. The van der Waals surface area contributed by atoms with Crippen LogP contribution in [-0.2, 0) is 0 Å². The molecule has 16 heavy (non-hydrogen) atoms. The van der Waals surface area contributed by atoms with Crippen LogP contribution in [0.4, 0.5) is 16.4 Å². The predicted octanol–water partition coefficient (Wildman–Crippen LogP) is 2.29. The second-order valence-electron chi connectivity index (χ2n) is 2.99. The molecule has 5 heteroatoms. The summed E-state index contributed by atoms with van der Waals surface area (Å²) in [5.41, 5.74) is 0. The van der Waals surface area contributed by atoms with Crippen molar-refractivity contribution in [2.45, 2.75) is 0 Å². The number of amides is 1. The number of aromatic nitrogens is 2. The molecule has 0 saturated heterocycles. The molecule has 2 heterocycles. The maximum atomic E-state index is 11.1. The second kappa shape index (κ2) is 4.39. The number of anilines is 2. The number of nitrogens with zero attached hydrogens (tertiary/aromatic N) is 3. The minimum atomic E-state index is -1.11. The lowest BCUT2D eigenvalue weighted by atomic mass is 10.4. The zero-order chi connectivity index (χ0) is 11.4. The summed E-state index contributed by atoms with van der Waals surface area (Å²) in [6, 6.07) is 10.1. The molecule has 0 spiro atoms. The Hall–Kier alpha value is -2.43. The molecule has 0 bridgehead atoms. The predicted molar refractivity (Wildman–Crippen MR) is 58.6 cm³/mol. The highest BCUT2D eigenvalue weighted by atomic mass is 16.4. The molecule has 0 aromatic carbocycles. The van der Waals surface area contributed by atoms with E-state index in [1.807, 2.05) is 0 Å². The van der Waals surface area contributed by atoms with Crippen LogP contribution in [0, 0.1) is 0 Å². The van der Waals surface area contributed by atoms with Crippen molar-refractivity contribution < 1.29 is 9.90 Å². The molecule has 1 amide bonds. The summed E-state index contributed by atoms with van der Waals surface area (Å²) >= 11 is 0. The fourth-order valence-corrected chi connectivity index (χ4v) is 1.29. The van der Waals surface area contributed by atoms with Gasteiger partial charge >= 0.3 is 6.09 Å². The van der Waals surface area contributed by atoms with E-state index < -0.39 is 6.09 Å². The number of hydrogen-bond acceptors (Lipinski definition) is 3. The summed E-state index contributed by atoms with van der Waals surface area (Å²) in [6.07, 6.45) is 1.96. The SMILES string of the molecule is O=C(O)N(c1ccccn1)c1ccccn1. The van der Waals surface area contributed by atoms with Crippen molar-refractivity contribution in [1.82, 2.24) is 9.97 Å². The molecule has 0 unspecified atom stereocenters. The smallest absolute Gasteiger partial charge is 0.418 e. The Morgan fingerprint density at radius 1 is 1.00 bits per heavy atom. The van der Waals surface area contributed by atoms with E-state index in [1.165, 1.54) is 12.4 Å². The molecule has 0 aliphatic carbocycles. The number of carboxylic acid groups (broad SMARTS) is 1. The minimum Gasteiger partial charge on any atom is -0.464 e. The van der Waals surface area contributed by atoms with Crippen LogP contribution in [0.25, 0.3) is 0 Å². The standard InChI is InChI=1S/C11H9N3O2/c15-11(16)14(9-5-1-3-7-12-9)10-6-2-4-8-13-10/h1-8H,(H,15,16). The first-order valence-corrected chi connectivity index (χ1v) is 4.64. The highest BCUT2D eigenvalue weighted by Gasteiger charge is 2.18. The van der Waals surface area contributed by atoms with Gasteiger partial charge in [0.2, 0.25) is 0 Å². The van der Waals surface area contributed by atoms with Crippen molar-refractivity contribution >= 4 is 17.7 Å². The molecule has 1 N–H and O–H groups in total. The van der Waals surface area contributed by atoms with Gasteiger partial charge in [-0.15, -0.1) is 0 Å². The lowest BCUT2D eigenvalue weighted by molar-refractivity contribution is 0.204. The maximum absolute atomic E-state index is 11.1. The summed E-state index contributed by atoms with van der Waals surface area (Å²) < 4.78 is 0. The molecule has 2 aromatic rings. The Bertz CT molecular complexity index is 434. The first-order valence-electron chi connectivity index (χ1n) is 4.64. The van der Waals surface area contributed by atoms with Crippen LogP contribution in [0.15, 0.2) is 48.8 Å². The molecule has 80 valence electrons. The van der Waals surface area contributed by atoms with Crippen LogP contribution in [0.5, 0.6) is 0 Å². The van der Waals surface area contributed by atoms with Crippen molar-refractivity contribution in [3.63, 3.8) is 0 Å². The van der Waals surface area contributed by atoms with E-state index in [2.05, 4.69) is 9.97 Å². The van der Waals surface area contributed by atoms with Crippen LogP contribution >= 0.6 is 0 Å². The summed E-state index contributed by atoms with van der Waals surface area (Å²) in [4.78, 5) is 20.1. The highest BCUT2D eigenvalue weighted by molar-refractivity contribution is 5.92. The van der Waals surface area contributed by atoms with Crippen molar-refractivity contribution in [2.24, 2.45) is 0 Å². The third-order valence-electron chi connectivity index (χ3n) is 1.95. The number of rotatable bonds is 2. The summed E-state index contributed by atoms with van der Waals surface area (Å²) in [7, 11) is 0. The normalized spacial score (nSPS) is 9.75. The van der Waals surface area contributed by atoms with Gasteiger partial charge in [-0.1, -0.05) is 12.1 Å². The van der Waals surface area contributed by atoms with Crippen molar-refractivity contribution in [1.29, 1.82) is 0 Å². The van der Waals surface area contributed by atoms with Gasteiger partial charge in [-0.2, -0.15) is 0 Å². The third kappa shape index (κ3) is 1.98. The summed E-state index contributed by atoms with van der Waals surface area (Å²) in [5.74, 6) is 0.655. The van der Waals surface area contributed by atoms with E-state index in [0.717, 1.165) is 4.90 Å². The Kier molecular flexibility index (Phi) is 2.77. The van der Waals surface area contributed by atoms with Gasteiger partial charge in [0.1, 0.15) is 11.6 Å². The monoisotopic (exact) mass is 215 g/mol. The van der Waals surface area contributed by atoms with E-state index in [9.17, 15) is 4.79 Å². The average molecular weight is 215 g/mol. The van der Waals surface area contributed by atoms with Crippen molar-refractivity contribution in [2.75, 3.05) is 4.90 Å². The molecule has 0 radical (unpaired) electrons. The zero-order valence-electron chi connectivity index (χ0n) is 8.32. The fraction of sp³-hybridized carbons (Fsp3) is 0. The van der Waals surface area contributed by atoms with E-state index in [1.54, 1.807) is 36.4 Å². The van der Waals surface area contributed by atoms with E-state index in [-0.39, 0.29) is 0 Å². The van der Waals surface area contributed by atoms with E-state index in [0.29, 0.717) is 11.6 Å². The zero-order valence-corrected chi connectivity index (χ0v) is 8.32. The van der Waals surface area contributed by atoms with Crippen LogP contribution in [-0.4, -0.2) is 21.2 Å². The molecule has 0 saturated carbocycles. The molecule has 0 atom stereocenters. The largest absolute Gasteiger partial charge is 0.464 e. The lowest BCUT2D eigenvalue weighted by Crippen LogP contribution is -2.25. The van der Waals surface area contributed by atoms with Gasteiger partial charge in [-0.25, -0.2) is 19.7 Å². The number of carbonyl (C=O) groups is 1. The van der Waals surface area contributed by atoms with Crippen LogP contribution in [0.2, 0.25) is 0 Å². The number of hydrogen-bond donors (Lipinski definition) is 1. The van der Waals surface area contributed by atoms with Crippen molar-refractivity contribution in [3.05, 3.63) is 48.8 Å². The first kappa shape index (κ1) is 10.1. The Morgan fingerprint density at radius 3 is 1.81 bits per heavy atom. The van der Waals surface area contributed by atoms with Gasteiger partial charge < -0.3 is 5.11 Å². The Labute approximate surface area is 92.0 Å². The Balaban J connectivity index is 2.44. The quantitative estimate of drug-likeness (QED) is 0.834. The van der Waals surface area contributed by atoms with Crippen LogP contribution in [0.3, 0.4) is 0 Å². The number of pyridine rings is 2. The molecule has 0 fully saturated rings. The molecular formula is C11H9N3O2. The topological polar surface area (TPSA) is 66.3 Å². The summed E-state index contributed by atoms with van der Waals surface area (Å²) in [6.45, 7) is 0. The first-order chi connectivity index (χ1) is 7.79. The van der Waals surface area contributed by atoms with E-state index in [4.69, 9.17) is 5.11 Å². The van der Waals surface area contributed by atoms with Gasteiger partial charge in [0.25, 0.3) is 0 Å². The van der Waals surface area contributed by atoms with Gasteiger partial charge in [0.15, 0.2) is 0 Å². The molecule has 0 aliphatic rings. The van der Waals surface area contributed by atoms with Gasteiger partial charge in [0.05, 0.1) is 0 Å². The van der Waals surface area contributed by atoms with Crippen molar-refractivity contribution in [3.8, 4) is 0 Å².